The first-order chi connectivity index (χ1) is 31.7. The van der Waals surface area contributed by atoms with Crippen molar-refractivity contribution in [3.8, 4) is 23.0 Å². The van der Waals surface area contributed by atoms with Gasteiger partial charge in [-0.2, -0.15) is 0 Å². The number of rotatable bonds is 7. The van der Waals surface area contributed by atoms with Crippen molar-refractivity contribution in [3.05, 3.63) is 82.4 Å². The summed E-state index contributed by atoms with van der Waals surface area (Å²) in [7, 11) is 3.65. The lowest BCUT2D eigenvalue weighted by Gasteiger charge is -2.74. The summed E-state index contributed by atoms with van der Waals surface area (Å²) in [4.78, 5) is 0. The lowest BCUT2D eigenvalue weighted by atomic mass is 9.33. The normalized spacial score (nSPS) is 41.4. The van der Waals surface area contributed by atoms with E-state index >= 15 is 0 Å². The van der Waals surface area contributed by atoms with Crippen molar-refractivity contribution < 1.29 is 40.4 Å². The number of nitrogens with one attached hydrogen (secondary N) is 2. The third-order valence-corrected chi connectivity index (χ3v) is 22.0. The van der Waals surface area contributed by atoms with Gasteiger partial charge in [-0.25, -0.2) is 0 Å². The fourth-order valence-electron chi connectivity index (χ4n) is 17.9. The minimum atomic E-state index is -0.910. The molecule has 3 aromatic carbocycles. The van der Waals surface area contributed by atoms with Gasteiger partial charge in [-0.1, -0.05) is 84.0 Å². The summed E-state index contributed by atoms with van der Waals surface area (Å²) in [5, 5.41) is 42.7. The topological polar surface area (TPSA) is 131 Å². The molecule has 3 aromatic rings. The van der Waals surface area contributed by atoms with Gasteiger partial charge in [-0.15, -0.1) is 0 Å². The van der Waals surface area contributed by atoms with E-state index in [2.05, 4.69) is 94.6 Å². The minimum Gasteiger partial charge on any atom is -0.504 e. The van der Waals surface area contributed by atoms with Gasteiger partial charge < -0.3 is 49.6 Å². The standard InChI is InChI=1S/C32H41NO4.C25H35NO4.H2/c1-28(2,3)29(4,34)23-18-30-13-14-32(23,35-5)27-31(30)15-16-33-24(30)17-21-11-12-22(26(37-27)25(21)31)36-19-20-9-7-6-8-10-20;1-21(2,3)22(4,28)16-13-23-8-9-25(16,29-5)20-24(23)10-11-26-17(23)12-14-6-7-15(27)19(30-20)18(14)24;/h6-12,23-24,27,33-34H,13-19H2,1-5H3;6-7,16-17,20,26-28H,8-13H2,1-5H3;1H/t23-,24?,27?,29?,30-,31?,32-;16-,17?,20?,22?,23-,24?,25-;/m11./s1. The molecule has 8 fully saturated rings. The predicted molar refractivity (Wildman–Crippen MR) is 259 cm³/mol. The van der Waals surface area contributed by atoms with Crippen LogP contribution in [0.5, 0.6) is 23.0 Å². The Morgan fingerprint density at radius 2 is 1.10 bits per heavy atom. The molecule has 12 aliphatic rings. The highest BCUT2D eigenvalue weighted by molar-refractivity contribution is 5.65. The van der Waals surface area contributed by atoms with Crippen molar-refractivity contribution in [1.82, 2.24) is 10.6 Å². The number of hydrogen-bond acceptors (Lipinski definition) is 10. The molecule has 15 rings (SSSR count). The van der Waals surface area contributed by atoms with Crippen LogP contribution in [0, 0.1) is 33.5 Å². The second kappa shape index (κ2) is 13.9. The third-order valence-electron chi connectivity index (χ3n) is 22.0. The number of phenols is 1. The second-order valence-electron chi connectivity index (χ2n) is 25.4. The number of benzene rings is 3. The van der Waals surface area contributed by atoms with E-state index in [1.165, 1.54) is 22.3 Å². The van der Waals surface area contributed by atoms with Crippen LogP contribution in [0.2, 0.25) is 0 Å². The molecule has 5 N–H and O–H groups in total. The van der Waals surface area contributed by atoms with E-state index in [1.54, 1.807) is 13.2 Å². The highest BCUT2D eigenvalue weighted by Gasteiger charge is 2.83. The molecule has 0 amide bonds. The molecule has 8 aliphatic carbocycles. The Kier molecular flexibility index (Phi) is 9.32. The van der Waals surface area contributed by atoms with Crippen LogP contribution in [0.25, 0.3) is 0 Å². The van der Waals surface area contributed by atoms with Gasteiger partial charge in [0.25, 0.3) is 0 Å². The highest BCUT2D eigenvalue weighted by Crippen LogP contribution is 2.79. The zero-order valence-corrected chi connectivity index (χ0v) is 41.7. The van der Waals surface area contributed by atoms with E-state index in [0.29, 0.717) is 24.4 Å². The minimum absolute atomic E-state index is 0. The van der Waals surface area contributed by atoms with Crippen LogP contribution in [0.15, 0.2) is 54.6 Å². The summed E-state index contributed by atoms with van der Waals surface area (Å²) in [6, 6.07) is 19.4. The molecule has 0 aromatic heterocycles. The van der Waals surface area contributed by atoms with Crippen molar-refractivity contribution in [2.75, 3.05) is 27.3 Å². The largest absolute Gasteiger partial charge is 0.504 e. The fourth-order valence-corrected chi connectivity index (χ4v) is 17.9. The Hall–Kier alpha value is -3.38. The first kappa shape index (κ1) is 44.8. The van der Waals surface area contributed by atoms with Crippen LogP contribution in [-0.4, -0.2) is 89.3 Å². The number of methoxy groups -OCH3 is 2. The SMILES string of the molecule is CO[C@]12CC[C@@]3(C[C@@H]1C(C)(O)C(C)(C)C)C1Cc4ccc(O)c5c4C3(CCN1)C2O5.CO[C@]12CC[C@@]3(C[C@@H]1C(C)(O)C(C)(C)C)C1Cc4ccc(OCc5ccccc5)c5c4C3(CCN1)C2O5.[HH]. The molecule has 67 heavy (non-hydrogen) atoms. The van der Waals surface area contributed by atoms with Gasteiger partial charge in [-0.05, 0) is 131 Å². The van der Waals surface area contributed by atoms with Crippen molar-refractivity contribution in [2.45, 2.75) is 184 Å². The van der Waals surface area contributed by atoms with Crippen LogP contribution in [0.1, 0.15) is 136 Å². The number of phenolic OH excluding ortho intramolecular Hbond substituents is 1. The summed E-state index contributed by atoms with van der Waals surface area (Å²) in [6.07, 6.45) is 9.53. The van der Waals surface area contributed by atoms with E-state index < -0.39 is 22.4 Å². The van der Waals surface area contributed by atoms with Crippen molar-refractivity contribution in [2.24, 2.45) is 33.5 Å². The Morgan fingerprint density at radius 1 is 0.627 bits per heavy atom. The molecule has 4 spiro atoms. The van der Waals surface area contributed by atoms with Gasteiger partial charge in [0.1, 0.15) is 30.0 Å². The number of piperidine rings is 2. The summed E-state index contributed by atoms with van der Waals surface area (Å²) in [6.45, 7) is 19.3. The van der Waals surface area contributed by atoms with Gasteiger partial charge in [0.15, 0.2) is 23.0 Å². The van der Waals surface area contributed by atoms with Crippen molar-refractivity contribution in [3.63, 3.8) is 0 Å². The maximum Gasteiger partial charge on any atom is 0.166 e. The van der Waals surface area contributed by atoms with Crippen molar-refractivity contribution in [1.29, 1.82) is 0 Å². The van der Waals surface area contributed by atoms with Crippen LogP contribution < -0.4 is 24.8 Å². The average molecular weight is 919 g/mol. The van der Waals surface area contributed by atoms with E-state index in [9.17, 15) is 15.3 Å². The molecule has 4 aliphatic heterocycles. The predicted octanol–water partition coefficient (Wildman–Crippen LogP) is 8.70. The molecule has 14 atom stereocenters. The molecule has 8 bridgehead atoms. The molecule has 0 radical (unpaired) electrons. The van der Waals surface area contributed by atoms with E-state index in [-0.39, 0.29) is 63.7 Å². The van der Waals surface area contributed by atoms with Crippen LogP contribution in [0.4, 0.5) is 0 Å². The second-order valence-corrected chi connectivity index (χ2v) is 25.4. The summed E-state index contributed by atoms with van der Waals surface area (Å²) in [5.74, 6) is 2.63. The molecule has 10 nitrogen and oxygen atoms in total. The van der Waals surface area contributed by atoms with E-state index in [1.807, 2.05) is 27.0 Å². The Balaban J connectivity index is 0.000000150. The molecule has 4 heterocycles. The fraction of sp³-hybridized carbons (Fsp3) is 0.684. The summed E-state index contributed by atoms with van der Waals surface area (Å²) < 4.78 is 33.5. The van der Waals surface area contributed by atoms with Gasteiger partial charge in [0.05, 0.1) is 11.2 Å². The number of aliphatic hydroxyl groups is 2. The molecule has 6 saturated carbocycles. The number of aromatic hydroxyl groups is 1. The smallest absolute Gasteiger partial charge is 0.166 e. The van der Waals surface area contributed by atoms with Gasteiger partial charge in [0.2, 0.25) is 0 Å². The van der Waals surface area contributed by atoms with Crippen LogP contribution >= 0.6 is 0 Å². The quantitative estimate of drug-likeness (QED) is 0.157. The first-order valence-electron chi connectivity index (χ1n) is 25.7. The lowest BCUT2D eigenvalue weighted by molar-refractivity contribution is -0.303. The maximum atomic E-state index is 12.2. The molecular weight excluding hydrogens is 841 g/mol. The monoisotopic (exact) mass is 919 g/mol. The highest BCUT2D eigenvalue weighted by atomic mass is 16.6. The Labute approximate surface area is 399 Å². The van der Waals surface area contributed by atoms with Crippen molar-refractivity contribution >= 4 is 0 Å². The maximum absolute atomic E-state index is 12.2. The molecular formula is C57H78N2O8. The van der Waals surface area contributed by atoms with Crippen LogP contribution in [-0.2, 0) is 39.8 Å². The molecule has 10 heteroatoms. The van der Waals surface area contributed by atoms with Crippen LogP contribution in [0.3, 0.4) is 0 Å². The Morgan fingerprint density at radius 3 is 1.60 bits per heavy atom. The first-order valence-corrected chi connectivity index (χ1v) is 25.7. The lowest BCUT2D eigenvalue weighted by Crippen LogP contribution is -2.83. The Bertz CT molecular complexity index is 2520. The number of ether oxygens (including phenoxy) is 5. The zero-order valence-electron chi connectivity index (χ0n) is 41.7. The molecule has 8 unspecified atom stereocenters. The zero-order chi connectivity index (χ0) is 47.2. The van der Waals surface area contributed by atoms with Gasteiger partial charge in [-0.3, -0.25) is 0 Å². The average Bonchev–Trinajstić information content (AvgIpc) is 3.85. The summed E-state index contributed by atoms with van der Waals surface area (Å²) in [5.41, 5.74) is 2.76. The van der Waals surface area contributed by atoms with E-state index in [4.69, 9.17) is 23.7 Å². The van der Waals surface area contributed by atoms with Gasteiger partial charge >= 0.3 is 0 Å². The van der Waals surface area contributed by atoms with E-state index in [0.717, 1.165) is 94.4 Å². The number of hydrogen-bond donors (Lipinski definition) is 5. The summed E-state index contributed by atoms with van der Waals surface area (Å²) >= 11 is 0. The third kappa shape index (κ3) is 5.14. The number of fused-ring (bicyclic) bond motifs is 4. The molecule has 2 saturated heterocycles. The molecule has 364 valence electrons. The van der Waals surface area contributed by atoms with Gasteiger partial charge in [0, 0.05) is 72.4 Å².